The molecule has 0 aromatic carbocycles. The van der Waals surface area contributed by atoms with E-state index < -0.39 is 11.7 Å². The van der Waals surface area contributed by atoms with Crippen LogP contribution in [-0.2, 0) is 11.5 Å². The van der Waals surface area contributed by atoms with Crippen molar-refractivity contribution in [2.45, 2.75) is 43.1 Å². The molecule has 0 aliphatic heterocycles. The molecule has 94 valence electrons. The van der Waals surface area contributed by atoms with E-state index in [9.17, 15) is 13.2 Å². The van der Waals surface area contributed by atoms with Gasteiger partial charge in [-0.05, 0) is 24.5 Å². The Labute approximate surface area is 107 Å². The van der Waals surface area contributed by atoms with Gasteiger partial charge in [0.25, 0.3) is 0 Å². The smallest absolute Gasteiger partial charge is 0.260 e. The Morgan fingerprint density at radius 3 is 2.47 bits per heavy atom. The van der Waals surface area contributed by atoms with Gasteiger partial charge in [0.1, 0.15) is 0 Å². The molecule has 0 saturated heterocycles. The number of rotatable bonds is 2. The van der Waals surface area contributed by atoms with Crippen molar-refractivity contribution in [1.29, 1.82) is 0 Å². The second kappa shape index (κ2) is 4.96. The van der Waals surface area contributed by atoms with Crippen LogP contribution >= 0.6 is 15.9 Å². The molecule has 0 radical (unpaired) electrons. The predicted octanol–water partition coefficient (Wildman–Crippen LogP) is 4.65. The van der Waals surface area contributed by atoms with Crippen molar-refractivity contribution in [3.8, 4) is 0 Å². The highest BCUT2D eigenvalue weighted by Crippen LogP contribution is 2.40. The number of nitrogens with zero attached hydrogens (tertiary/aromatic N) is 1. The van der Waals surface area contributed by atoms with Crippen LogP contribution in [0.2, 0.25) is 0 Å². The first-order valence-electron chi connectivity index (χ1n) is 5.64. The van der Waals surface area contributed by atoms with Crippen LogP contribution in [0.25, 0.3) is 0 Å². The maximum atomic E-state index is 13.0. The number of halogens is 4. The standard InChI is InChI=1S/C12H13BrF3N/c13-6-8-5-10(12(14,15)16)11(17-7-8)9-3-1-2-4-9/h5,7,9H,1-4,6H2. The summed E-state index contributed by atoms with van der Waals surface area (Å²) in [6.45, 7) is 0. The first kappa shape index (κ1) is 12.9. The summed E-state index contributed by atoms with van der Waals surface area (Å²) in [7, 11) is 0. The van der Waals surface area contributed by atoms with E-state index in [1.54, 1.807) is 0 Å². The zero-order chi connectivity index (χ0) is 12.5. The molecule has 2 rings (SSSR count). The van der Waals surface area contributed by atoms with Crippen molar-refractivity contribution in [3.05, 3.63) is 29.1 Å². The van der Waals surface area contributed by atoms with Gasteiger partial charge in [-0.3, -0.25) is 4.98 Å². The van der Waals surface area contributed by atoms with E-state index >= 15 is 0 Å². The lowest BCUT2D eigenvalue weighted by Gasteiger charge is -2.17. The molecule has 1 aromatic rings. The summed E-state index contributed by atoms with van der Waals surface area (Å²) < 4.78 is 38.9. The number of pyridine rings is 1. The minimum absolute atomic E-state index is 0.0176. The van der Waals surface area contributed by atoms with Crippen LogP contribution in [0.4, 0.5) is 13.2 Å². The fourth-order valence-electron chi connectivity index (χ4n) is 2.34. The van der Waals surface area contributed by atoms with E-state index in [1.807, 2.05) is 0 Å². The second-order valence-electron chi connectivity index (χ2n) is 4.39. The van der Waals surface area contributed by atoms with Crippen molar-refractivity contribution in [2.75, 3.05) is 0 Å². The van der Waals surface area contributed by atoms with E-state index in [0.29, 0.717) is 10.9 Å². The highest BCUT2D eigenvalue weighted by atomic mass is 79.9. The van der Waals surface area contributed by atoms with Crippen LogP contribution < -0.4 is 0 Å². The molecule has 0 bridgehead atoms. The predicted molar refractivity (Wildman–Crippen MR) is 63.1 cm³/mol. The summed E-state index contributed by atoms with van der Waals surface area (Å²) in [6, 6.07) is 1.22. The zero-order valence-electron chi connectivity index (χ0n) is 9.23. The molecule has 0 amide bonds. The Morgan fingerprint density at radius 1 is 1.29 bits per heavy atom. The summed E-state index contributed by atoms with van der Waals surface area (Å²) in [6.07, 6.45) is 0.891. The SMILES string of the molecule is FC(F)(F)c1cc(CBr)cnc1C1CCCC1. The number of hydrogen-bond acceptors (Lipinski definition) is 1. The lowest BCUT2D eigenvalue weighted by Crippen LogP contribution is -2.13. The van der Waals surface area contributed by atoms with E-state index in [1.165, 1.54) is 12.3 Å². The maximum absolute atomic E-state index is 13.0. The Balaban J connectivity index is 2.42. The van der Waals surface area contributed by atoms with Crippen molar-refractivity contribution in [3.63, 3.8) is 0 Å². The Bertz CT molecular complexity index is 397. The summed E-state index contributed by atoms with van der Waals surface area (Å²) in [5, 5.41) is 0.397. The molecule has 1 aliphatic carbocycles. The fourth-order valence-corrected chi connectivity index (χ4v) is 2.65. The van der Waals surface area contributed by atoms with Gasteiger partial charge in [0.15, 0.2) is 0 Å². The Morgan fingerprint density at radius 2 is 1.94 bits per heavy atom. The molecule has 1 aliphatic rings. The highest BCUT2D eigenvalue weighted by Gasteiger charge is 2.37. The number of alkyl halides is 4. The maximum Gasteiger partial charge on any atom is 0.418 e. The van der Waals surface area contributed by atoms with Crippen LogP contribution in [0.1, 0.15) is 48.4 Å². The molecule has 0 unspecified atom stereocenters. The van der Waals surface area contributed by atoms with Crippen LogP contribution in [0.15, 0.2) is 12.3 Å². The van der Waals surface area contributed by atoms with E-state index in [-0.39, 0.29) is 11.6 Å². The topological polar surface area (TPSA) is 12.9 Å². The molecule has 0 N–H and O–H groups in total. The average molecular weight is 308 g/mol. The van der Waals surface area contributed by atoms with E-state index in [0.717, 1.165) is 25.7 Å². The third kappa shape index (κ3) is 2.81. The molecule has 1 nitrogen and oxygen atoms in total. The average Bonchev–Trinajstić information content (AvgIpc) is 2.80. The van der Waals surface area contributed by atoms with Gasteiger partial charge >= 0.3 is 6.18 Å². The summed E-state index contributed by atoms with van der Waals surface area (Å²) >= 11 is 3.16. The molecule has 1 aromatic heterocycles. The third-order valence-corrected chi connectivity index (χ3v) is 3.82. The van der Waals surface area contributed by atoms with Gasteiger partial charge in [-0.1, -0.05) is 28.8 Å². The first-order chi connectivity index (χ1) is 8.02. The van der Waals surface area contributed by atoms with Crippen LogP contribution in [0.5, 0.6) is 0 Å². The lowest BCUT2D eigenvalue weighted by molar-refractivity contribution is -0.138. The quantitative estimate of drug-likeness (QED) is 0.725. The molecule has 1 heterocycles. The van der Waals surface area contributed by atoms with Gasteiger partial charge in [0, 0.05) is 17.4 Å². The van der Waals surface area contributed by atoms with Gasteiger partial charge in [0.2, 0.25) is 0 Å². The minimum atomic E-state index is -4.30. The molecule has 5 heteroatoms. The van der Waals surface area contributed by atoms with Crippen molar-refractivity contribution in [1.82, 2.24) is 4.98 Å². The largest absolute Gasteiger partial charge is 0.418 e. The van der Waals surface area contributed by atoms with Gasteiger partial charge < -0.3 is 0 Å². The molecular weight excluding hydrogens is 295 g/mol. The monoisotopic (exact) mass is 307 g/mol. The van der Waals surface area contributed by atoms with E-state index in [2.05, 4.69) is 20.9 Å². The van der Waals surface area contributed by atoms with Crippen LogP contribution in [-0.4, -0.2) is 4.98 Å². The zero-order valence-corrected chi connectivity index (χ0v) is 10.8. The second-order valence-corrected chi connectivity index (χ2v) is 4.95. The van der Waals surface area contributed by atoms with Crippen molar-refractivity contribution < 1.29 is 13.2 Å². The van der Waals surface area contributed by atoms with Crippen LogP contribution in [0.3, 0.4) is 0 Å². The molecular formula is C12H13BrF3N. The van der Waals surface area contributed by atoms with Gasteiger partial charge in [0.05, 0.1) is 11.3 Å². The fraction of sp³-hybridized carbons (Fsp3) is 0.583. The Hall–Kier alpha value is -0.580. The minimum Gasteiger partial charge on any atom is -0.260 e. The Kier molecular flexibility index (Phi) is 3.76. The van der Waals surface area contributed by atoms with Crippen molar-refractivity contribution in [2.24, 2.45) is 0 Å². The highest BCUT2D eigenvalue weighted by molar-refractivity contribution is 9.08. The summed E-state index contributed by atoms with van der Waals surface area (Å²) in [5.41, 5.74) is 0.250. The van der Waals surface area contributed by atoms with Gasteiger partial charge in [-0.25, -0.2) is 0 Å². The van der Waals surface area contributed by atoms with Gasteiger partial charge in [-0.2, -0.15) is 13.2 Å². The van der Waals surface area contributed by atoms with Crippen LogP contribution in [0, 0.1) is 0 Å². The van der Waals surface area contributed by atoms with Crippen molar-refractivity contribution >= 4 is 15.9 Å². The molecule has 0 atom stereocenters. The first-order valence-corrected chi connectivity index (χ1v) is 6.76. The van der Waals surface area contributed by atoms with Gasteiger partial charge in [-0.15, -0.1) is 0 Å². The molecule has 1 saturated carbocycles. The lowest BCUT2D eigenvalue weighted by atomic mass is 9.97. The van der Waals surface area contributed by atoms with E-state index in [4.69, 9.17) is 0 Å². The number of aromatic nitrogens is 1. The number of hydrogen-bond donors (Lipinski definition) is 0. The molecule has 1 fully saturated rings. The third-order valence-electron chi connectivity index (χ3n) is 3.18. The molecule has 0 spiro atoms. The summed E-state index contributed by atoms with van der Waals surface area (Å²) in [5.74, 6) is -0.0176. The summed E-state index contributed by atoms with van der Waals surface area (Å²) in [4.78, 5) is 4.05. The molecule has 17 heavy (non-hydrogen) atoms. The normalized spacial score (nSPS) is 17.6.